The second kappa shape index (κ2) is 4.79. The number of aliphatic hydroxyl groups excluding tert-OH is 2. The molecule has 0 aromatic carbocycles. The summed E-state index contributed by atoms with van der Waals surface area (Å²) in [5, 5.41) is 17.7. The van der Waals surface area contributed by atoms with E-state index in [-0.39, 0.29) is 13.2 Å². The topological polar surface area (TPSA) is 40.5 Å². The van der Waals surface area contributed by atoms with Gasteiger partial charge in [0.25, 0.3) is 0 Å². The van der Waals surface area contributed by atoms with Gasteiger partial charge >= 0.3 is 0 Å². The van der Waals surface area contributed by atoms with E-state index in [4.69, 9.17) is 10.2 Å². The Morgan fingerprint density at radius 1 is 1.00 bits per heavy atom. The van der Waals surface area contributed by atoms with E-state index in [0.29, 0.717) is 0 Å². The molecule has 0 heterocycles. The van der Waals surface area contributed by atoms with Crippen molar-refractivity contribution in [2.45, 2.75) is 13.8 Å². The van der Waals surface area contributed by atoms with Crippen molar-refractivity contribution >= 4 is 0 Å². The summed E-state index contributed by atoms with van der Waals surface area (Å²) in [6, 6.07) is 0. The van der Waals surface area contributed by atoms with Gasteiger partial charge in [-0.25, -0.2) is 0 Å². The molecule has 0 spiro atoms. The summed E-state index contributed by atoms with van der Waals surface area (Å²) in [7, 11) is 0. The fourth-order valence-electron chi connectivity index (χ4n) is 0.718. The summed E-state index contributed by atoms with van der Waals surface area (Å²) in [6.45, 7) is 2.84. The Kier molecular flexibility index (Phi) is 4.38. The predicted molar refractivity (Wildman–Crippen MR) is 43.5 cm³/mol. The van der Waals surface area contributed by atoms with E-state index in [2.05, 4.69) is 23.7 Å². The van der Waals surface area contributed by atoms with E-state index >= 15 is 0 Å². The van der Waals surface area contributed by atoms with E-state index in [9.17, 15) is 0 Å². The second-order valence-corrected chi connectivity index (χ2v) is 2.15. The molecule has 0 radical (unpaired) electrons. The lowest BCUT2D eigenvalue weighted by molar-refractivity contribution is 0.142. The average molecular weight is 152 g/mol. The molecule has 0 aromatic heterocycles. The van der Waals surface area contributed by atoms with Gasteiger partial charge in [0.05, 0.1) is 13.2 Å². The van der Waals surface area contributed by atoms with Crippen molar-refractivity contribution in [3.63, 3.8) is 0 Å². The molecule has 11 heavy (non-hydrogen) atoms. The first-order chi connectivity index (χ1) is 5.24. The van der Waals surface area contributed by atoms with Crippen molar-refractivity contribution < 1.29 is 10.2 Å². The van der Waals surface area contributed by atoms with Crippen LogP contribution in [0.2, 0.25) is 0 Å². The Hall–Kier alpha value is -0.960. The van der Waals surface area contributed by atoms with Crippen LogP contribution in [0.1, 0.15) is 13.8 Å². The molecule has 60 valence electrons. The van der Waals surface area contributed by atoms with Gasteiger partial charge in [-0.2, -0.15) is 0 Å². The lowest BCUT2D eigenvalue weighted by Crippen LogP contribution is -2.26. The van der Waals surface area contributed by atoms with Crippen LogP contribution in [-0.2, 0) is 0 Å². The van der Waals surface area contributed by atoms with Crippen LogP contribution in [0.15, 0.2) is 0 Å². The molecule has 0 aliphatic heterocycles. The summed E-state index contributed by atoms with van der Waals surface area (Å²) >= 11 is 0. The van der Waals surface area contributed by atoms with Crippen LogP contribution in [0, 0.1) is 29.1 Å². The first-order valence-corrected chi connectivity index (χ1v) is 3.34. The molecule has 0 amide bonds. The molecular weight excluding hydrogens is 140 g/mol. The molecule has 0 saturated carbocycles. The Balaban J connectivity index is 4.65. The van der Waals surface area contributed by atoms with E-state index in [0.717, 1.165) is 0 Å². The predicted octanol–water partition coefficient (Wildman–Crippen LogP) is 0.00400. The van der Waals surface area contributed by atoms with Crippen LogP contribution >= 0.6 is 0 Å². The summed E-state index contributed by atoms with van der Waals surface area (Å²) < 4.78 is 0. The van der Waals surface area contributed by atoms with Crippen molar-refractivity contribution in [2.24, 2.45) is 5.41 Å². The first kappa shape index (κ1) is 10.0. The van der Waals surface area contributed by atoms with Crippen LogP contribution < -0.4 is 0 Å². The van der Waals surface area contributed by atoms with Crippen LogP contribution in [0.5, 0.6) is 0 Å². The normalized spacial score (nSPS) is 9.09. The minimum Gasteiger partial charge on any atom is -0.394 e. The lowest BCUT2D eigenvalue weighted by atomic mass is 9.92. The minimum absolute atomic E-state index is 0.231. The lowest BCUT2D eigenvalue weighted by Gasteiger charge is -2.15. The highest BCUT2D eigenvalue weighted by Gasteiger charge is 2.22. The molecule has 0 rings (SSSR count). The number of rotatable bonds is 2. The monoisotopic (exact) mass is 152 g/mol. The Morgan fingerprint density at radius 3 is 1.55 bits per heavy atom. The maximum absolute atomic E-state index is 8.87. The van der Waals surface area contributed by atoms with Gasteiger partial charge in [-0.1, -0.05) is 11.8 Å². The SMILES string of the molecule is CC#CC(C#CC)(CO)CO. The van der Waals surface area contributed by atoms with Crippen molar-refractivity contribution in [3.05, 3.63) is 0 Å². The summed E-state index contributed by atoms with van der Waals surface area (Å²) in [4.78, 5) is 0. The third-order valence-electron chi connectivity index (χ3n) is 1.27. The molecule has 0 aromatic rings. The van der Waals surface area contributed by atoms with Crippen molar-refractivity contribution in [3.8, 4) is 23.7 Å². The van der Waals surface area contributed by atoms with Gasteiger partial charge in [-0.05, 0) is 13.8 Å². The summed E-state index contributed by atoms with van der Waals surface area (Å²) in [5.41, 5.74) is -0.927. The highest BCUT2D eigenvalue weighted by atomic mass is 16.3. The molecule has 2 N–H and O–H groups in total. The second-order valence-electron chi connectivity index (χ2n) is 2.15. The summed E-state index contributed by atoms with van der Waals surface area (Å²) in [5.74, 6) is 10.6. The zero-order chi connectivity index (χ0) is 8.74. The first-order valence-electron chi connectivity index (χ1n) is 3.34. The van der Waals surface area contributed by atoms with Crippen molar-refractivity contribution in [1.82, 2.24) is 0 Å². The quantitative estimate of drug-likeness (QED) is 0.547. The molecule has 0 bridgehead atoms. The van der Waals surface area contributed by atoms with Gasteiger partial charge in [0, 0.05) is 0 Å². The molecule has 0 aliphatic rings. The molecule has 2 nitrogen and oxygen atoms in total. The molecule has 0 unspecified atom stereocenters. The van der Waals surface area contributed by atoms with Crippen molar-refractivity contribution in [1.29, 1.82) is 0 Å². The van der Waals surface area contributed by atoms with E-state index in [1.165, 1.54) is 0 Å². The van der Waals surface area contributed by atoms with Gasteiger partial charge < -0.3 is 10.2 Å². The number of hydrogen-bond donors (Lipinski definition) is 2. The van der Waals surface area contributed by atoms with Crippen LogP contribution in [0.3, 0.4) is 0 Å². The van der Waals surface area contributed by atoms with E-state index in [1.807, 2.05) is 0 Å². The molecule has 2 heteroatoms. The number of aliphatic hydroxyl groups is 2. The summed E-state index contributed by atoms with van der Waals surface area (Å²) in [6.07, 6.45) is 0. The Morgan fingerprint density at radius 2 is 1.36 bits per heavy atom. The Labute approximate surface area is 67.2 Å². The minimum atomic E-state index is -0.927. The van der Waals surface area contributed by atoms with Crippen LogP contribution in [0.25, 0.3) is 0 Å². The Bertz CT molecular complexity index is 195. The van der Waals surface area contributed by atoms with E-state index in [1.54, 1.807) is 13.8 Å². The highest BCUT2D eigenvalue weighted by molar-refractivity contribution is 5.26. The molecule has 0 atom stereocenters. The maximum Gasteiger partial charge on any atom is 0.137 e. The fraction of sp³-hybridized carbons (Fsp3) is 0.556. The van der Waals surface area contributed by atoms with Gasteiger partial charge in [0.1, 0.15) is 5.41 Å². The largest absolute Gasteiger partial charge is 0.394 e. The van der Waals surface area contributed by atoms with Gasteiger partial charge in [0.2, 0.25) is 0 Å². The van der Waals surface area contributed by atoms with Gasteiger partial charge in [0.15, 0.2) is 0 Å². The molecular formula is C9H12O2. The fourth-order valence-corrected chi connectivity index (χ4v) is 0.718. The molecule has 0 aliphatic carbocycles. The smallest absolute Gasteiger partial charge is 0.137 e. The average Bonchev–Trinajstić information content (AvgIpc) is 2.04. The van der Waals surface area contributed by atoms with Crippen molar-refractivity contribution in [2.75, 3.05) is 13.2 Å². The third kappa shape index (κ3) is 2.63. The van der Waals surface area contributed by atoms with E-state index < -0.39 is 5.41 Å². The zero-order valence-electron chi connectivity index (χ0n) is 6.81. The standard InChI is InChI=1S/C9H12O2/c1-3-5-9(7-10,8-11)6-4-2/h10-11H,7-8H2,1-2H3. The van der Waals surface area contributed by atoms with Gasteiger partial charge in [-0.15, -0.1) is 11.8 Å². The zero-order valence-corrected chi connectivity index (χ0v) is 6.81. The van der Waals surface area contributed by atoms with Crippen LogP contribution in [-0.4, -0.2) is 23.4 Å². The highest BCUT2D eigenvalue weighted by Crippen LogP contribution is 2.11. The number of hydrogen-bond acceptors (Lipinski definition) is 2. The van der Waals surface area contributed by atoms with Crippen LogP contribution in [0.4, 0.5) is 0 Å². The molecule has 0 fully saturated rings. The molecule has 0 saturated heterocycles. The van der Waals surface area contributed by atoms with Gasteiger partial charge in [-0.3, -0.25) is 0 Å². The maximum atomic E-state index is 8.87. The third-order valence-corrected chi connectivity index (χ3v) is 1.27.